The third kappa shape index (κ3) is 3.60. The molecule has 8 heteroatoms. The van der Waals surface area contributed by atoms with Crippen molar-refractivity contribution < 1.29 is 19.4 Å². The van der Waals surface area contributed by atoms with Crippen LogP contribution in [0.5, 0.6) is 0 Å². The number of hydrogen-bond acceptors (Lipinski definition) is 6. The molecule has 0 saturated heterocycles. The van der Waals surface area contributed by atoms with Gasteiger partial charge in [0.1, 0.15) is 11.6 Å². The van der Waals surface area contributed by atoms with Crippen LogP contribution in [0.15, 0.2) is 47.9 Å². The lowest BCUT2D eigenvalue weighted by Crippen LogP contribution is -2.22. The average Bonchev–Trinajstić information content (AvgIpc) is 3.44. The Morgan fingerprint density at radius 1 is 1.25 bits per heavy atom. The lowest BCUT2D eigenvalue weighted by Gasteiger charge is -2.15. The Balaban J connectivity index is 1.74. The molecule has 0 aliphatic heterocycles. The summed E-state index contributed by atoms with van der Waals surface area (Å²) >= 11 is 1.04. The minimum Gasteiger partial charge on any atom is -0.481 e. The van der Waals surface area contributed by atoms with Crippen molar-refractivity contribution in [1.82, 2.24) is 14.8 Å². The van der Waals surface area contributed by atoms with E-state index in [1.807, 2.05) is 18.2 Å². The zero-order valence-corrected chi connectivity index (χ0v) is 16.1. The van der Waals surface area contributed by atoms with Gasteiger partial charge in [0, 0.05) is 5.39 Å². The van der Waals surface area contributed by atoms with Crippen LogP contribution < -0.4 is 0 Å². The van der Waals surface area contributed by atoms with Crippen LogP contribution in [0.3, 0.4) is 0 Å². The molecular formula is C20H19N3O4S. The number of thioether (sulfide) groups is 1. The monoisotopic (exact) mass is 397 g/mol. The molecule has 1 unspecified atom stereocenters. The minimum absolute atomic E-state index is 0.356. The summed E-state index contributed by atoms with van der Waals surface area (Å²) in [6.45, 7) is 0. The van der Waals surface area contributed by atoms with Crippen molar-refractivity contribution in [3.05, 3.63) is 48.3 Å². The quantitative estimate of drug-likeness (QED) is 0.482. The van der Waals surface area contributed by atoms with Crippen molar-refractivity contribution >= 4 is 34.5 Å². The number of carboxylic acids is 1. The maximum Gasteiger partial charge on any atom is 0.319 e. The summed E-state index contributed by atoms with van der Waals surface area (Å²) in [5, 5.41) is 19.0. The Morgan fingerprint density at radius 3 is 2.68 bits per heavy atom. The van der Waals surface area contributed by atoms with Crippen LogP contribution in [0.25, 0.3) is 16.5 Å². The van der Waals surface area contributed by atoms with E-state index in [0.29, 0.717) is 11.1 Å². The second kappa shape index (κ2) is 7.63. The van der Waals surface area contributed by atoms with E-state index in [0.717, 1.165) is 22.8 Å². The number of rotatable bonds is 7. The Bertz CT molecular complexity index is 1040. The lowest BCUT2D eigenvalue weighted by atomic mass is 9.99. The van der Waals surface area contributed by atoms with Crippen molar-refractivity contribution in [2.75, 3.05) is 7.11 Å². The van der Waals surface area contributed by atoms with E-state index in [1.54, 1.807) is 10.9 Å². The van der Waals surface area contributed by atoms with Crippen LogP contribution in [-0.2, 0) is 14.3 Å². The van der Waals surface area contributed by atoms with E-state index in [4.69, 9.17) is 9.84 Å². The van der Waals surface area contributed by atoms with Crippen molar-refractivity contribution in [3.8, 4) is 5.69 Å². The molecule has 0 amide bonds. The molecule has 1 saturated carbocycles. The molecule has 1 N–H and O–H groups in total. The maximum absolute atomic E-state index is 12.0. The number of aromatic nitrogens is 3. The molecule has 0 radical (unpaired) electrons. The van der Waals surface area contributed by atoms with Crippen LogP contribution in [0.4, 0.5) is 0 Å². The molecule has 2 aromatic carbocycles. The molecular weight excluding hydrogens is 378 g/mol. The number of aliphatic carboxylic acids is 1. The van der Waals surface area contributed by atoms with Crippen LogP contribution in [-0.4, -0.2) is 44.2 Å². The molecule has 144 valence electrons. The molecule has 0 spiro atoms. The first-order valence-corrected chi connectivity index (χ1v) is 9.84. The average molecular weight is 397 g/mol. The van der Waals surface area contributed by atoms with E-state index in [9.17, 15) is 9.59 Å². The van der Waals surface area contributed by atoms with Gasteiger partial charge in [0.15, 0.2) is 5.16 Å². The van der Waals surface area contributed by atoms with E-state index in [1.165, 1.54) is 30.9 Å². The van der Waals surface area contributed by atoms with Crippen LogP contribution in [0, 0.1) is 0 Å². The van der Waals surface area contributed by atoms with Gasteiger partial charge in [-0.15, -0.1) is 10.2 Å². The molecule has 28 heavy (non-hydrogen) atoms. The number of carboxylic acid groups (broad SMARTS) is 1. The number of methoxy groups -OCH3 is 1. The second-order valence-corrected chi connectivity index (χ2v) is 7.87. The number of nitrogens with zero attached hydrogens (tertiary/aromatic N) is 3. The van der Waals surface area contributed by atoms with Crippen LogP contribution in [0.1, 0.15) is 30.7 Å². The Hall–Kier alpha value is -2.87. The molecule has 1 aliphatic carbocycles. The van der Waals surface area contributed by atoms with Gasteiger partial charge < -0.3 is 9.84 Å². The first-order chi connectivity index (χ1) is 13.6. The fourth-order valence-corrected chi connectivity index (χ4v) is 4.35. The SMILES string of the molecule is COC(=O)C(CC(=O)O)Sc1nncn1-c1ccc(C2CC2)c2ccccc12. The molecule has 0 bridgehead atoms. The maximum atomic E-state index is 12.0. The van der Waals surface area contributed by atoms with Crippen molar-refractivity contribution in [2.45, 2.75) is 35.6 Å². The highest BCUT2D eigenvalue weighted by atomic mass is 32.2. The Labute approximate surface area is 165 Å². The standard InChI is InChI=1S/C20H19N3O4S/c1-27-19(26)17(10-18(24)25)28-20-22-21-11-23(20)16-9-8-13(12-6-7-12)14-4-2-3-5-15(14)16/h2-5,8-9,11-12,17H,6-7,10H2,1H3,(H,24,25). The second-order valence-electron chi connectivity index (χ2n) is 6.70. The van der Waals surface area contributed by atoms with Crippen LogP contribution >= 0.6 is 11.8 Å². The molecule has 3 aromatic rings. The number of benzene rings is 2. The van der Waals surface area contributed by atoms with E-state index >= 15 is 0 Å². The van der Waals surface area contributed by atoms with Crippen LogP contribution in [0.2, 0.25) is 0 Å². The summed E-state index contributed by atoms with van der Waals surface area (Å²) in [6.07, 6.45) is 3.65. The summed E-state index contributed by atoms with van der Waals surface area (Å²) in [7, 11) is 1.24. The summed E-state index contributed by atoms with van der Waals surface area (Å²) in [5.41, 5.74) is 2.24. The van der Waals surface area contributed by atoms with E-state index in [-0.39, 0.29) is 6.42 Å². The minimum atomic E-state index is -1.08. The molecule has 1 atom stereocenters. The number of carbonyl (C=O) groups is 2. The Kier molecular flexibility index (Phi) is 5.04. The van der Waals surface area contributed by atoms with Crippen molar-refractivity contribution in [2.24, 2.45) is 0 Å². The highest BCUT2D eigenvalue weighted by Crippen LogP contribution is 2.44. The number of ether oxygens (including phenoxy) is 1. The third-order valence-electron chi connectivity index (χ3n) is 4.80. The largest absolute Gasteiger partial charge is 0.481 e. The first-order valence-electron chi connectivity index (χ1n) is 8.96. The van der Waals surface area contributed by atoms with E-state index in [2.05, 4.69) is 28.4 Å². The molecule has 1 heterocycles. The molecule has 4 rings (SSSR count). The third-order valence-corrected chi connectivity index (χ3v) is 5.93. The summed E-state index contributed by atoms with van der Waals surface area (Å²) in [6, 6.07) is 12.4. The van der Waals surface area contributed by atoms with Gasteiger partial charge >= 0.3 is 11.9 Å². The number of carbonyl (C=O) groups excluding carboxylic acids is 1. The van der Waals surface area contributed by atoms with Gasteiger partial charge in [-0.3, -0.25) is 14.2 Å². The zero-order valence-electron chi connectivity index (χ0n) is 15.2. The van der Waals surface area contributed by atoms with Gasteiger partial charge in [-0.2, -0.15) is 0 Å². The topological polar surface area (TPSA) is 94.3 Å². The van der Waals surface area contributed by atoms with Gasteiger partial charge in [-0.1, -0.05) is 42.1 Å². The fourth-order valence-electron chi connectivity index (χ4n) is 3.33. The normalized spacial score (nSPS) is 14.8. The highest BCUT2D eigenvalue weighted by molar-refractivity contribution is 8.00. The number of fused-ring (bicyclic) bond motifs is 1. The molecule has 7 nitrogen and oxygen atoms in total. The van der Waals surface area contributed by atoms with Crippen molar-refractivity contribution in [3.63, 3.8) is 0 Å². The molecule has 1 aromatic heterocycles. The van der Waals surface area contributed by atoms with Gasteiger partial charge in [-0.25, -0.2) is 0 Å². The first kappa shape index (κ1) is 18.5. The number of esters is 1. The highest BCUT2D eigenvalue weighted by Gasteiger charge is 2.28. The van der Waals surface area contributed by atoms with Gasteiger partial charge in [-0.05, 0) is 35.8 Å². The molecule has 1 aliphatic rings. The number of hydrogen-bond donors (Lipinski definition) is 1. The van der Waals surface area contributed by atoms with Gasteiger partial charge in [0.25, 0.3) is 0 Å². The summed E-state index contributed by atoms with van der Waals surface area (Å²) < 4.78 is 6.54. The van der Waals surface area contributed by atoms with Gasteiger partial charge in [0.2, 0.25) is 0 Å². The Morgan fingerprint density at radius 2 is 2.00 bits per heavy atom. The fraction of sp³-hybridized carbons (Fsp3) is 0.300. The lowest BCUT2D eigenvalue weighted by molar-refractivity contribution is -0.144. The predicted octanol–water partition coefficient (Wildman–Crippen LogP) is 3.41. The summed E-state index contributed by atoms with van der Waals surface area (Å²) in [5.74, 6) is -1.06. The predicted molar refractivity (Wildman–Crippen MR) is 105 cm³/mol. The smallest absolute Gasteiger partial charge is 0.319 e. The van der Waals surface area contributed by atoms with Gasteiger partial charge in [0.05, 0.1) is 19.2 Å². The molecule has 1 fully saturated rings. The summed E-state index contributed by atoms with van der Waals surface area (Å²) in [4.78, 5) is 23.1. The zero-order chi connectivity index (χ0) is 19.7. The van der Waals surface area contributed by atoms with E-state index < -0.39 is 17.2 Å². The van der Waals surface area contributed by atoms with Crippen molar-refractivity contribution in [1.29, 1.82) is 0 Å².